The molecule has 0 fully saturated rings. The molecule has 1 amide bonds. The van der Waals surface area contributed by atoms with Crippen molar-refractivity contribution in [3.63, 3.8) is 0 Å². The van der Waals surface area contributed by atoms with Crippen molar-refractivity contribution in [3.8, 4) is 17.1 Å². The van der Waals surface area contributed by atoms with E-state index in [-0.39, 0.29) is 5.69 Å². The summed E-state index contributed by atoms with van der Waals surface area (Å²) in [6, 6.07) is 14.4. The molecule has 0 radical (unpaired) electrons. The summed E-state index contributed by atoms with van der Waals surface area (Å²) in [6.07, 6.45) is 4.74. The molecule has 3 heterocycles. The summed E-state index contributed by atoms with van der Waals surface area (Å²) in [4.78, 5) is 20.5. The van der Waals surface area contributed by atoms with Crippen molar-refractivity contribution in [2.24, 2.45) is 0 Å². The van der Waals surface area contributed by atoms with Crippen molar-refractivity contribution in [1.82, 2.24) is 24.9 Å². The number of hydrogen-bond acceptors (Lipinski definition) is 6. The highest BCUT2D eigenvalue weighted by atomic mass is 16.5. The smallest absolute Gasteiger partial charge is 0.279 e. The summed E-state index contributed by atoms with van der Waals surface area (Å²) in [7, 11) is 0. The normalized spacial score (nSPS) is 10.6. The summed E-state index contributed by atoms with van der Waals surface area (Å²) >= 11 is 0. The van der Waals surface area contributed by atoms with Crippen molar-refractivity contribution in [1.29, 1.82) is 0 Å². The zero-order valence-electron chi connectivity index (χ0n) is 12.9. The predicted molar refractivity (Wildman–Crippen MR) is 89.0 cm³/mol. The van der Waals surface area contributed by atoms with E-state index in [1.165, 1.54) is 6.33 Å². The highest BCUT2D eigenvalue weighted by Crippen LogP contribution is 2.20. The maximum absolute atomic E-state index is 12.3. The number of aromatic nitrogens is 5. The van der Waals surface area contributed by atoms with Gasteiger partial charge >= 0.3 is 0 Å². The molecule has 3 aromatic heterocycles. The predicted octanol–water partition coefficient (Wildman–Crippen LogP) is 2.57. The number of nitrogens with one attached hydrogen (secondary N) is 1. The van der Waals surface area contributed by atoms with Crippen LogP contribution in [0.25, 0.3) is 17.1 Å². The molecule has 0 atom stereocenters. The highest BCUT2D eigenvalue weighted by Gasteiger charge is 2.14. The lowest BCUT2D eigenvalue weighted by atomic mass is 10.1. The van der Waals surface area contributed by atoms with Crippen molar-refractivity contribution >= 4 is 11.7 Å². The van der Waals surface area contributed by atoms with Crippen LogP contribution in [-0.4, -0.2) is 30.8 Å². The van der Waals surface area contributed by atoms with Crippen LogP contribution in [0.1, 0.15) is 10.5 Å². The van der Waals surface area contributed by atoms with Crippen molar-refractivity contribution < 1.29 is 9.32 Å². The first-order chi connectivity index (χ1) is 12.3. The maximum atomic E-state index is 12.3. The molecule has 8 nitrogen and oxygen atoms in total. The lowest BCUT2D eigenvalue weighted by Crippen LogP contribution is -2.14. The van der Waals surface area contributed by atoms with Gasteiger partial charge < -0.3 is 9.84 Å². The summed E-state index contributed by atoms with van der Waals surface area (Å²) in [5.41, 5.74) is 1.01. The van der Waals surface area contributed by atoms with Crippen LogP contribution < -0.4 is 5.32 Å². The van der Waals surface area contributed by atoms with Gasteiger partial charge in [-0.3, -0.25) is 4.79 Å². The Hall–Kier alpha value is -3.81. The molecule has 0 bridgehead atoms. The summed E-state index contributed by atoms with van der Waals surface area (Å²) in [5, 5.41) is 10.6. The van der Waals surface area contributed by atoms with Gasteiger partial charge in [0.15, 0.2) is 17.3 Å². The second kappa shape index (κ2) is 6.36. The minimum absolute atomic E-state index is 0.165. The lowest BCUT2D eigenvalue weighted by Gasteiger charge is -2.04. The zero-order chi connectivity index (χ0) is 17.1. The van der Waals surface area contributed by atoms with E-state index >= 15 is 0 Å². The van der Waals surface area contributed by atoms with Crippen LogP contribution in [0.2, 0.25) is 0 Å². The summed E-state index contributed by atoms with van der Waals surface area (Å²) in [6.45, 7) is 0. The monoisotopic (exact) mass is 332 g/mol. The van der Waals surface area contributed by atoms with Gasteiger partial charge in [0.1, 0.15) is 12.1 Å². The molecule has 122 valence electrons. The fraction of sp³-hybridized carbons (Fsp3) is 0. The van der Waals surface area contributed by atoms with Gasteiger partial charge in [-0.2, -0.15) is 5.10 Å². The van der Waals surface area contributed by atoms with E-state index in [4.69, 9.17) is 4.52 Å². The molecule has 0 saturated heterocycles. The number of anilines is 1. The molecule has 0 saturated carbocycles. The quantitative estimate of drug-likeness (QED) is 0.616. The number of nitrogens with zero attached hydrogens (tertiary/aromatic N) is 5. The molecule has 0 aliphatic rings. The topological polar surface area (TPSA) is 98.7 Å². The molecule has 0 aliphatic heterocycles. The number of carbonyl (C=O) groups excluding carboxylic acids is 1. The van der Waals surface area contributed by atoms with Gasteiger partial charge in [0.05, 0.1) is 0 Å². The van der Waals surface area contributed by atoms with Gasteiger partial charge in [0, 0.05) is 30.1 Å². The first-order valence-electron chi connectivity index (χ1n) is 7.45. The molecule has 1 aromatic carbocycles. The average molecular weight is 332 g/mol. The molecule has 0 unspecified atom stereocenters. The molecule has 1 N–H and O–H groups in total. The summed E-state index contributed by atoms with van der Waals surface area (Å²) in [5.74, 6) is 0.983. The van der Waals surface area contributed by atoms with Crippen molar-refractivity contribution in [3.05, 3.63) is 72.9 Å². The van der Waals surface area contributed by atoms with Gasteiger partial charge in [-0.05, 0) is 6.07 Å². The number of hydrogen-bond donors (Lipinski definition) is 1. The van der Waals surface area contributed by atoms with Crippen LogP contribution in [0.4, 0.5) is 5.82 Å². The van der Waals surface area contributed by atoms with E-state index in [0.29, 0.717) is 17.4 Å². The molecule has 8 heteroatoms. The molecule has 4 aromatic rings. The van der Waals surface area contributed by atoms with Gasteiger partial charge in [-0.1, -0.05) is 35.5 Å². The minimum atomic E-state index is -0.420. The highest BCUT2D eigenvalue weighted by molar-refractivity contribution is 6.02. The van der Waals surface area contributed by atoms with E-state index < -0.39 is 5.91 Å². The van der Waals surface area contributed by atoms with Crippen LogP contribution in [0.15, 0.2) is 71.8 Å². The Morgan fingerprint density at radius 3 is 2.76 bits per heavy atom. The van der Waals surface area contributed by atoms with Crippen molar-refractivity contribution in [2.75, 3.05) is 5.32 Å². The fourth-order valence-electron chi connectivity index (χ4n) is 2.25. The molecule has 25 heavy (non-hydrogen) atoms. The first kappa shape index (κ1) is 14.8. The van der Waals surface area contributed by atoms with Crippen molar-refractivity contribution in [2.45, 2.75) is 0 Å². The second-order valence-electron chi connectivity index (χ2n) is 5.11. The lowest BCUT2D eigenvalue weighted by molar-refractivity contribution is 0.101. The number of amides is 1. The third kappa shape index (κ3) is 3.13. The zero-order valence-corrected chi connectivity index (χ0v) is 12.9. The molecular weight excluding hydrogens is 320 g/mol. The van der Waals surface area contributed by atoms with E-state index in [0.717, 1.165) is 5.56 Å². The number of rotatable bonds is 4. The van der Waals surface area contributed by atoms with Crippen LogP contribution in [-0.2, 0) is 0 Å². The Morgan fingerprint density at radius 1 is 1.08 bits per heavy atom. The third-order valence-electron chi connectivity index (χ3n) is 3.43. The van der Waals surface area contributed by atoms with Gasteiger partial charge in [-0.25, -0.2) is 14.6 Å². The largest absolute Gasteiger partial charge is 0.355 e. The van der Waals surface area contributed by atoms with E-state index in [1.807, 2.05) is 30.3 Å². The SMILES string of the molecule is O=C(Nc1cc(-n2cccn2)ncn1)c1cc(-c2ccccc2)on1. The minimum Gasteiger partial charge on any atom is -0.355 e. The van der Waals surface area contributed by atoms with E-state index in [1.54, 1.807) is 35.3 Å². The molecule has 4 rings (SSSR count). The Bertz CT molecular complexity index is 995. The van der Waals surface area contributed by atoms with E-state index in [9.17, 15) is 4.79 Å². The van der Waals surface area contributed by atoms with Crippen LogP contribution >= 0.6 is 0 Å². The molecule has 0 aliphatic carbocycles. The summed E-state index contributed by atoms with van der Waals surface area (Å²) < 4.78 is 6.80. The van der Waals surface area contributed by atoms with Crippen LogP contribution in [0.5, 0.6) is 0 Å². The Balaban J connectivity index is 1.53. The van der Waals surface area contributed by atoms with E-state index in [2.05, 4.69) is 25.5 Å². The standard InChI is InChI=1S/C17H12N6O2/c24-17(13-9-14(25-22-13)12-5-2-1-3-6-12)21-15-10-16(19-11-18-15)23-8-4-7-20-23/h1-11H,(H,18,19,21,24). The Morgan fingerprint density at radius 2 is 1.96 bits per heavy atom. The average Bonchev–Trinajstić information content (AvgIpc) is 3.35. The second-order valence-corrected chi connectivity index (χ2v) is 5.11. The number of benzene rings is 1. The van der Waals surface area contributed by atoms with Crippen LogP contribution in [0, 0.1) is 0 Å². The Kier molecular flexibility index (Phi) is 3.76. The number of carbonyl (C=O) groups is 1. The molecule has 0 spiro atoms. The third-order valence-corrected chi connectivity index (χ3v) is 3.43. The fourth-order valence-corrected chi connectivity index (χ4v) is 2.25. The Labute approximate surface area is 142 Å². The van der Waals surface area contributed by atoms with Gasteiger partial charge in [-0.15, -0.1) is 0 Å². The first-order valence-corrected chi connectivity index (χ1v) is 7.45. The maximum Gasteiger partial charge on any atom is 0.279 e. The van der Waals surface area contributed by atoms with Gasteiger partial charge in [0.2, 0.25) is 0 Å². The van der Waals surface area contributed by atoms with Gasteiger partial charge in [0.25, 0.3) is 5.91 Å². The van der Waals surface area contributed by atoms with Crippen LogP contribution in [0.3, 0.4) is 0 Å². The molecular formula is C17H12N6O2.